The molecule has 0 atom stereocenters. The number of anilines is 6. The molecule has 0 aliphatic heterocycles. The van der Waals surface area contributed by atoms with Gasteiger partial charge in [0.25, 0.3) is 0 Å². The smallest absolute Gasteiger partial charge is 0.159 e. The van der Waals surface area contributed by atoms with Crippen molar-refractivity contribution in [1.29, 1.82) is 0 Å². The second kappa shape index (κ2) is 31.7. The second-order valence-corrected chi connectivity index (χ2v) is 39.4. The first-order chi connectivity index (χ1) is 65.3. The zero-order valence-electron chi connectivity index (χ0n) is 73.8. The molecule has 10 aliphatic carbocycles. The van der Waals surface area contributed by atoms with E-state index in [1.165, 1.54) is 175 Å². The Labute approximate surface area is 779 Å². The highest BCUT2D eigenvalue weighted by molar-refractivity contribution is 6.11. The predicted molar refractivity (Wildman–Crippen MR) is 554 cm³/mol. The average Bonchev–Trinajstić information content (AvgIpc) is 1.53. The monoisotopic (exact) mass is 1710 g/mol. The number of fused-ring (bicyclic) bond motifs is 12. The molecule has 133 heavy (non-hydrogen) atoms. The molecule has 640 valence electrons. The Kier molecular flexibility index (Phi) is 18.9. The largest absolute Gasteiger partial charge is 0.456 e. The van der Waals surface area contributed by atoms with Crippen molar-refractivity contribution in [3.05, 3.63) is 447 Å². The molecule has 0 N–H and O–H groups in total. The van der Waals surface area contributed by atoms with E-state index in [0.29, 0.717) is 0 Å². The molecule has 4 heteroatoms. The predicted octanol–water partition coefficient (Wildman–Crippen LogP) is 35.5. The Hall–Kier alpha value is -14.8. The summed E-state index contributed by atoms with van der Waals surface area (Å²) in [6, 6.07) is 157. The van der Waals surface area contributed by atoms with Crippen molar-refractivity contribution < 1.29 is 8.83 Å². The minimum atomic E-state index is 0. The molecule has 8 bridgehead atoms. The van der Waals surface area contributed by atoms with Crippen LogP contribution in [0.1, 0.15) is 93.9 Å². The van der Waals surface area contributed by atoms with Crippen molar-refractivity contribution >= 4 is 78.0 Å². The lowest BCUT2D eigenvalue weighted by atomic mass is 9.43. The van der Waals surface area contributed by atoms with Gasteiger partial charge in [-0.05, 0) is 348 Å². The SMILES string of the molecule is C.c1ccc(-c2ccc(N(c3ccc(-c4ccc(-c5ccc(-c6ccc7c(c6)-c6ccccc6C76C7CC8CC(C7)CC6C8)cc5)cc4)cc3)c3cccc4c3oc3ccccc34)cc2)cc1.c1ccc(-c2ccc(N(c3ccc(-c4ccc(-c5cccc(-c6ccc7c(c6)-c6ccccc6C76C7CC8CC(C7)CC6C8)c5)cc4)cc3)c3ccc4oc5ccccc5c4c3)cc2)cc1. The van der Waals surface area contributed by atoms with Crippen LogP contribution in [0, 0.1) is 47.3 Å². The molecule has 8 fully saturated rings. The fraction of sp³-hybridized carbons (Fsp3) is 0.163. The van der Waals surface area contributed by atoms with Crippen LogP contribution in [0.4, 0.5) is 34.1 Å². The van der Waals surface area contributed by atoms with Crippen LogP contribution in [0.5, 0.6) is 0 Å². The summed E-state index contributed by atoms with van der Waals surface area (Å²) >= 11 is 0. The molecule has 10 aliphatic rings. The maximum absolute atomic E-state index is 6.59. The second-order valence-electron chi connectivity index (χ2n) is 39.4. The third-order valence-corrected chi connectivity index (χ3v) is 32.6. The first-order valence-corrected chi connectivity index (χ1v) is 48.1. The Morgan fingerprint density at radius 2 is 0.474 bits per heavy atom. The lowest BCUT2D eigenvalue weighted by Gasteiger charge is -2.61. The van der Waals surface area contributed by atoms with Gasteiger partial charge in [-0.25, -0.2) is 0 Å². The van der Waals surface area contributed by atoms with Gasteiger partial charge in [-0.3, -0.25) is 0 Å². The summed E-state index contributed by atoms with van der Waals surface area (Å²) in [4.78, 5) is 4.66. The summed E-state index contributed by atoms with van der Waals surface area (Å²) in [5, 5.41) is 4.47. The maximum Gasteiger partial charge on any atom is 0.159 e. The third kappa shape index (κ3) is 13.0. The van der Waals surface area contributed by atoms with Crippen molar-refractivity contribution in [3.63, 3.8) is 0 Å². The van der Waals surface area contributed by atoms with Crippen LogP contribution in [0.15, 0.2) is 433 Å². The highest BCUT2D eigenvalue weighted by atomic mass is 16.3. The van der Waals surface area contributed by atoms with Crippen LogP contribution in [0.2, 0.25) is 0 Å². The van der Waals surface area contributed by atoms with E-state index in [-0.39, 0.29) is 18.3 Å². The molecule has 4 nitrogen and oxygen atoms in total. The number of benzene rings is 18. The van der Waals surface area contributed by atoms with Crippen LogP contribution < -0.4 is 9.80 Å². The zero-order chi connectivity index (χ0) is 86.7. The molecule has 18 aromatic carbocycles. The summed E-state index contributed by atoms with van der Waals surface area (Å²) in [6.45, 7) is 0. The first kappa shape index (κ1) is 79.1. The van der Waals surface area contributed by atoms with Gasteiger partial charge in [-0.1, -0.05) is 329 Å². The summed E-state index contributed by atoms with van der Waals surface area (Å²) in [5.74, 6) is 6.98. The van der Waals surface area contributed by atoms with E-state index < -0.39 is 0 Å². The molecule has 2 heterocycles. The highest BCUT2D eigenvalue weighted by Crippen LogP contribution is 2.72. The first-order valence-electron chi connectivity index (χ1n) is 48.1. The standard InChI is InChI=1S/2C64H49NO.CH4/c1-2-9-43(10-3-1)45-21-26-53(27-22-45)65(55-30-32-63-59(40-55)57-14-5-7-16-62(57)66-63)54-28-23-46(24-29-54)44-17-19-47(20-18-44)48-11-8-12-49(38-48)50-25-31-61-58(39-50)56-13-4-6-15-60(56)64(61)51-34-41-33-42(36-51)37-52(64)35-41;1-2-9-43(10-3-1)47-25-30-53(31-26-47)65(61-15-8-13-57-56-12-5-7-16-62(56)66-63(57)61)54-32-27-48(28-33-54)46-19-17-44(18-20-46)45-21-23-49(24-22-45)50-29-34-60-58(40-50)55-11-4-6-14-59(55)64(60)51-36-41-35-42(38-51)39-52(64)37-41;/h1-32,38-42,51-52H,33-37H2;1-34,40-42,51-52H,35-39H2;1H4. The fourth-order valence-electron chi connectivity index (χ4n) is 27.2. The Morgan fingerprint density at radius 3 is 0.910 bits per heavy atom. The molecule has 2 aromatic heterocycles. The van der Waals surface area contributed by atoms with Crippen molar-refractivity contribution in [2.75, 3.05) is 9.80 Å². The lowest BCUT2D eigenvalue weighted by molar-refractivity contribution is -0.0399. The lowest BCUT2D eigenvalue weighted by Crippen LogP contribution is -2.55. The number of rotatable bonds is 14. The fourth-order valence-corrected chi connectivity index (χ4v) is 27.2. The minimum Gasteiger partial charge on any atom is -0.456 e. The number of hydrogen-bond donors (Lipinski definition) is 0. The van der Waals surface area contributed by atoms with E-state index in [1.54, 1.807) is 22.3 Å². The molecule has 0 amide bonds. The number of nitrogens with zero attached hydrogens (tertiary/aromatic N) is 2. The average molecular weight is 1710 g/mol. The molecule has 20 aromatic rings. The van der Waals surface area contributed by atoms with Gasteiger partial charge in [0.05, 0.1) is 5.69 Å². The van der Waals surface area contributed by atoms with Crippen LogP contribution in [0.25, 0.3) is 155 Å². The van der Waals surface area contributed by atoms with Crippen LogP contribution in [-0.4, -0.2) is 0 Å². The molecule has 8 saturated carbocycles. The molecule has 2 spiro atoms. The summed E-state index contributed by atoms with van der Waals surface area (Å²) in [5.41, 5.74) is 42.5. The molecule has 0 unspecified atom stereocenters. The molecular formula is C129H102N2O2. The molecule has 30 rings (SSSR count). The van der Waals surface area contributed by atoms with Gasteiger partial charge in [0, 0.05) is 60.8 Å². The van der Waals surface area contributed by atoms with E-state index in [2.05, 4.69) is 416 Å². The van der Waals surface area contributed by atoms with Gasteiger partial charge in [-0.15, -0.1) is 0 Å². The molecule has 0 saturated heterocycles. The Bertz CT molecular complexity index is 7800. The summed E-state index contributed by atoms with van der Waals surface area (Å²) in [7, 11) is 0. The Balaban J connectivity index is 0.000000138. The highest BCUT2D eigenvalue weighted by Gasteiger charge is 2.63. The quantitative estimate of drug-likeness (QED) is 0.109. The topological polar surface area (TPSA) is 32.8 Å². The van der Waals surface area contributed by atoms with Crippen molar-refractivity contribution in [2.24, 2.45) is 47.3 Å². The van der Waals surface area contributed by atoms with Gasteiger partial charge in [0.1, 0.15) is 16.7 Å². The van der Waals surface area contributed by atoms with Gasteiger partial charge in [0.2, 0.25) is 0 Å². The molecular weight excluding hydrogens is 1610 g/mol. The van der Waals surface area contributed by atoms with E-state index in [0.717, 1.165) is 125 Å². The van der Waals surface area contributed by atoms with E-state index in [1.807, 2.05) is 18.2 Å². The minimum absolute atomic E-state index is 0. The van der Waals surface area contributed by atoms with Gasteiger partial charge >= 0.3 is 0 Å². The number of para-hydroxylation sites is 3. The van der Waals surface area contributed by atoms with Crippen molar-refractivity contribution in [2.45, 2.75) is 82.5 Å². The van der Waals surface area contributed by atoms with Crippen LogP contribution in [-0.2, 0) is 10.8 Å². The van der Waals surface area contributed by atoms with E-state index >= 15 is 0 Å². The van der Waals surface area contributed by atoms with Gasteiger partial charge < -0.3 is 18.6 Å². The molecule has 0 radical (unpaired) electrons. The summed E-state index contributed by atoms with van der Waals surface area (Å²) < 4.78 is 12.8. The van der Waals surface area contributed by atoms with Gasteiger partial charge in [-0.2, -0.15) is 0 Å². The van der Waals surface area contributed by atoms with Crippen molar-refractivity contribution in [3.8, 4) is 111 Å². The van der Waals surface area contributed by atoms with E-state index in [9.17, 15) is 0 Å². The Morgan fingerprint density at radius 1 is 0.188 bits per heavy atom. The van der Waals surface area contributed by atoms with E-state index in [4.69, 9.17) is 8.83 Å². The maximum atomic E-state index is 6.59. The van der Waals surface area contributed by atoms with Crippen molar-refractivity contribution in [1.82, 2.24) is 0 Å². The zero-order valence-corrected chi connectivity index (χ0v) is 73.8. The van der Waals surface area contributed by atoms with Crippen LogP contribution in [0.3, 0.4) is 0 Å². The third-order valence-electron chi connectivity index (χ3n) is 32.6. The normalized spacial score (nSPS) is 20.9. The number of hydrogen-bond acceptors (Lipinski definition) is 4. The number of furan rings is 2. The van der Waals surface area contributed by atoms with Crippen LogP contribution >= 0.6 is 0 Å². The van der Waals surface area contributed by atoms with Gasteiger partial charge in [0.15, 0.2) is 5.58 Å². The summed E-state index contributed by atoms with van der Waals surface area (Å²) in [6.07, 6.45) is 14.3.